The monoisotopic (exact) mass is 303 g/mol. The van der Waals surface area contributed by atoms with Crippen LogP contribution >= 0.6 is 0 Å². The third kappa shape index (κ3) is 2.95. The molecule has 0 aliphatic carbocycles. The number of halogens is 1. The molecule has 5 nitrogen and oxygen atoms in total. The van der Waals surface area contributed by atoms with E-state index >= 15 is 0 Å². The van der Waals surface area contributed by atoms with E-state index in [0.29, 0.717) is 18.9 Å². The molecule has 1 N–H and O–H groups in total. The zero-order chi connectivity index (χ0) is 15.5. The number of hydrogen-bond donors (Lipinski definition) is 1. The van der Waals surface area contributed by atoms with Gasteiger partial charge in [-0.1, -0.05) is 6.07 Å². The summed E-state index contributed by atoms with van der Waals surface area (Å²) in [5.74, 6) is 2.34. The Bertz CT molecular complexity index is 678. The molecule has 0 radical (unpaired) electrons. The van der Waals surface area contributed by atoms with Crippen molar-refractivity contribution in [1.29, 1.82) is 0 Å². The van der Waals surface area contributed by atoms with Crippen LogP contribution in [0.5, 0.6) is 11.5 Å². The molecule has 0 amide bonds. The minimum atomic E-state index is -0.441. The van der Waals surface area contributed by atoms with E-state index in [0.717, 1.165) is 23.5 Å². The molecule has 1 atom stereocenters. The molecule has 116 valence electrons. The number of anilines is 1. The number of aromatic nitrogens is 2. The van der Waals surface area contributed by atoms with Crippen molar-refractivity contribution in [3.63, 3.8) is 0 Å². The molecule has 0 fully saturated rings. The summed E-state index contributed by atoms with van der Waals surface area (Å²) in [6.07, 6.45) is 2.74. The van der Waals surface area contributed by atoms with Gasteiger partial charge in [0.25, 0.3) is 0 Å². The summed E-state index contributed by atoms with van der Waals surface area (Å²) in [7, 11) is 3.28. The minimum Gasteiger partial charge on any atom is -0.497 e. The quantitative estimate of drug-likeness (QED) is 0.940. The predicted octanol–water partition coefficient (Wildman–Crippen LogP) is 2.46. The van der Waals surface area contributed by atoms with Crippen molar-refractivity contribution in [2.75, 3.05) is 26.1 Å². The Morgan fingerprint density at radius 3 is 3.09 bits per heavy atom. The summed E-state index contributed by atoms with van der Waals surface area (Å²) in [5.41, 5.74) is 1.15. The van der Waals surface area contributed by atoms with Gasteiger partial charge in [-0.05, 0) is 18.1 Å². The van der Waals surface area contributed by atoms with Crippen LogP contribution in [0.1, 0.15) is 11.4 Å². The van der Waals surface area contributed by atoms with Crippen molar-refractivity contribution in [1.82, 2.24) is 9.97 Å². The van der Waals surface area contributed by atoms with Gasteiger partial charge in [0.1, 0.15) is 17.3 Å². The number of hydrogen-bond acceptors (Lipinski definition) is 5. The largest absolute Gasteiger partial charge is 0.497 e. The summed E-state index contributed by atoms with van der Waals surface area (Å²) in [6.45, 7) is 0.593. The first-order valence-corrected chi connectivity index (χ1v) is 7.18. The molecule has 1 aliphatic rings. The summed E-state index contributed by atoms with van der Waals surface area (Å²) in [6, 6.07) is 5.85. The van der Waals surface area contributed by atoms with Gasteiger partial charge >= 0.3 is 0 Å². The summed E-state index contributed by atoms with van der Waals surface area (Å²) >= 11 is 0. The first-order valence-electron chi connectivity index (χ1n) is 7.18. The zero-order valence-electron chi connectivity index (χ0n) is 12.6. The summed E-state index contributed by atoms with van der Waals surface area (Å²) < 4.78 is 24.4. The second-order valence-corrected chi connectivity index (χ2v) is 5.29. The maximum absolute atomic E-state index is 13.4. The lowest BCUT2D eigenvalue weighted by Gasteiger charge is -2.25. The molecule has 1 aromatic carbocycles. The molecule has 2 aromatic rings. The lowest BCUT2D eigenvalue weighted by Crippen LogP contribution is -2.23. The Kier molecular flexibility index (Phi) is 4.09. The average Bonchev–Trinajstić information content (AvgIpc) is 2.56. The van der Waals surface area contributed by atoms with Gasteiger partial charge in [-0.15, -0.1) is 0 Å². The van der Waals surface area contributed by atoms with Crippen molar-refractivity contribution >= 4 is 5.82 Å². The van der Waals surface area contributed by atoms with Crippen LogP contribution in [0, 0.1) is 11.7 Å². The Balaban J connectivity index is 1.72. The van der Waals surface area contributed by atoms with Gasteiger partial charge < -0.3 is 14.8 Å². The van der Waals surface area contributed by atoms with Gasteiger partial charge in [-0.2, -0.15) is 0 Å². The number of nitrogens with one attached hydrogen (secondary N) is 1. The zero-order valence-corrected chi connectivity index (χ0v) is 12.6. The molecule has 0 bridgehead atoms. The molecular weight excluding hydrogens is 285 g/mol. The highest BCUT2D eigenvalue weighted by atomic mass is 19.1. The van der Waals surface area contributed by atoms with E-state index in [1.54, 1.807) is 14.2 Å². The fourth-order valence-electron chi connectivity index (χ4n) is 2.61. The second-order valence-electron chi connectivity index (χ2n) is 5.29. The van der Waals surface area contributed by atoms with Gasteiger partial charge in [0.05, 0.1) is 19.9 Å². The summed E-state index contributed by atoms with van der Waals surface area (Å²) in [5, 5.41) is 2.73. The smallest absolute Gasteiger partial charge is 0.183 e. The molecule has 22 heavy (non-hydrogen) atoms. The van der Waals surface area contributed by atoms with E-state index < -0.39 is 5.82 Å². The van der Waals surface area contributed by atoms with E-state index in [9.17, 15) is 4.39 Å². The molecular formula is C16H18FN3O2. The lowest BCUT2D eigenvalue weighted by molar-refractivity contribution is 0.218. The number of benzene rings is 1. The van der Waals surface area contributed by atoms with Crippen LogP contribution in [0.3, 0.4) is 0 Å². The van der Waals surface area contributed by atoms with Gasteiger partial charge in [0.15, 0.2) is 11.6 Å². The maximum atomic E-state index is 13.4. The average molecular weight is 303 g/mol. The van der Waals surface area contributed by atoms with Gasteiger partial charge in [-0.3, -0.25) is 0 Å². The van der Waals surface area contributed by atoms with Crippen LogP contribution in [0.15, 0.2) is 24.4 Å². The SMILES string of the molecule is CNc1nc(C[C@@H]2COc3cc(OC)ccc3C2)ncc1F. The lowest BCUT2D eigenvalue weighted by atomic mass is 9.93. The highest BCUT2D eigenvalue weighted by Gasteiger charge is 2.22. The normalized spacial score (nSPS) is 16.6. The third-order valence-electron chi connectivity index (χ3n) is 3.76. The van der Waals surface area contributed by atoms with Crippen molar-refractivity contribution in [2.45, 2.75) is 12.8 Å². The molecule has 0 unspecified atom stereocenters. The minimum absolute atomic E-state index is 0.229. The van der Waals surface area contributed by atoms with Crippen molar-refractivity contribution in [2.24, 2.45) is 5.92 Å². The van der Waals surface area contributed by atoms with Gasteiger partial charge in [0.2, 0.25) is 0 Å². The molecule has 2 heterocycles. The van der Waals surface area contributed by atoms with Crippen LogP contribution in [0.4, 0.5) is 10.2 Å². The highest BCUT2D eigenvalue weighted by Crippen LogP contribution is 2.31. The van der Waals surface area contributed by atoms with E-state index in [2.05, 4.69) is 15.3 Å². The molecule has 6 heteroatoms. The number of ether oxygens (including phenoxy) is 2. The van der Waals surface area contributed by atoms with Gasteiger partial charge in [0, 0.05) is 25.5 Å². The van der Waals surface area contributed by atoms with E-state index in [1.165, 1.54) is 6.20 Å². The predicted molar refractivity (Wildman–Crippen MR) is 80.9 cm³/mol. The Morgan fingerprint density at radius 1 is 1.45 bits per heavy atom. The third-order valence-corrected chi connectivity index (χ3v) is 3.76. The number of methoxy groups -OCH3 is 1. The maximum Gasteiger partial charge on any atom is 0.183 e. The van der Waals surface area contributed by atoms with E-state index in [-0.39, 0.29) is 11.7 Å². The Hall–Kier alpha value is -2.37. The van der Waals surface area contributed by atoms with Crippen molar-refractivity contribution < 1.29 is 13.9 Å². The molecule has 1 aromatic heterocycles. The Labute approximate surface area is 128 Å². The fourth-order valence-corrected chi connectivity index (χ4v) is 2.61. The molecule has 0 saturated heterocycles. The standard InChI is InChI=1S/C16H18FN3O2/c1-18-16-13(17)8-19-15(20-16)6-10-5-11-3-4-12(21-2)7-14(11)22-9-10/h3-4,7-8,10H,5-6,9H2,1-2H3,(H,18,19,20)/t10-/m1/s1. The fraction of sp³-hybridized carbons (Fsp3) is 0.375. The van der Waals surface area contributed by atoms with Crippen LogP contribution < -0.4 is 14.8 Å². The summed E-state index contributed by atoms with van der Waals surface area (Å²) in [4.78, 5) is 8.26. The van der Waals surface area contributed by atoms with Crippen LogP contribution in [0.2, 0.25) is 0 Å². The van der Waals surface area contributed by atoms with Crippen LogP contribution in [-0.2, 0) is 12.8 Å². The van der Waals surface area contributed by atoms with E-state index in [1.807, 2.05) is 18.2 Å². The second kappa shape index (κ2) is 6.17. The number of nitrogens with zero attached hydrogens (tertiary/aromatic N) is 2. The van der Waals surface area contributed by atoms with Crippen molar-refractivity contribution in [3.8, 4) is 11.5 Å². The first-order chi connectivity index (χ1) is 10.7. The van der Waals surface area contributed by atoms with Crippen LogP contribution in [0.25, 0.3) is 0 Å². The van der Waals surface area contributed by atoms with Gasteiger partial charge in [-0.25, -0.2) is 14.4 Å². The molecule has 1 aliphatic heterocycles. The number of rotatable bonds is 4. The molecule has 3 rings (SSSR count). The topological polar surface area (TPSA) is 56.3 Å². The molecule has 0 saturated carbocycles. The van der Waals surface area contributed by atoms with Crippen LogP contribution in [-0.4, -0.2) is 30.7 Å². The highest BCUT2D eigenvalue weighted by molar-refractivity contribution is 5.42. The van der Waals surface area contributed by atoms with Crippen molar-refractivity contribution in [3.05, 3.63) is 41.6 Å². The number of fused-ring (bicyclic) bond motifs is 1. The van der Waals surface area contributed by atoms with E-state index in [4.69, 9.17) is 9.47 Å². The molecule has 0 spiro atoms. The Morgan fingerprint density at radius 2 is 2.32 bits per heavy atom. The first kappa shape index (κ1) is 14.6.